The summed E-state index contributed by atoms with van der Waals surface area (Å²) in [5, 5.41) is 0. The van der Waals surface area contributed by atoms with E-state index in [2.05, 4.69) is 45.1 Å². The molecule has 1 rings (SSSR count). The van der Waals surface area contributed by atoms with Crippen molar-refractivity contribution in [2.75, 3.05) is 13.7 Å². The topological polar surface area (TPSA) is 18.5 Å². The van der Waals surface area contributed by atoms with E-state index in [-0.39, 0.29) is 0 Å². The van der Waals surface area contributed by atoms with E-state index in [0.717, 1.165) is 18.8 Å². The Balaban J connectivity index is 2.40. The van der Waals surface area contributed by atoms with Crippen molar-refractivity contribution in [2.24, 2.45) is 0 Å². The molecule has 0 radical (unpaired) electrons. The molecule has 0 aliphatic heterocycles. The molecule has 0 saturated carbocycles. The van der Waals surface area contributed by atoms with E-state index >= 15 is 0 Å². The van der Waals surface area contributed by atoms with Crippen molar-refractivity contribution >= 4 is 18.4 Å². The maximum absolute atomic E-state index is 5.85. The molecule has 0 aliphatic rings. The van der Waals surface area contributed by atoms with Crippen LogP contribution in [-0.4, -0.2) is 32.1 Å². The van der Waals surface area contributed by atoms with Crippen molar-refractivity contribution < 1.29 is 9.47 Å². The SMILES string of the molecule is CCC[CH2][Sn]([CH2]/C=C\CCOCc1ccc(OC)cc1)([CH2]CCC)[CH2]CCC. The first kappa shape index (κ1) is 25.6. The second kappa shape index (κ2) is 16.3. The average molecular weight is 495 g/mol. The third-order valence-electron chi connectivity index (χ3n) is 5.76. The van der Waals surface area contributed by atoms with Crippen molar-refractivity contribution in [1.82, 2.24) is 0 Å². The molecule has 160 valence electrons. The molecule has 0 heterocycles. The van der Waals surface area contributed by atoms with Crippen LogP contribution in [0.2, 0.25) is 17.7 Å². The van der Waals surface area contributed by atoms with Crippen molar-refractivity contribution in [2.45, 2.75) is 90.1 Å². The van der Waals surface area contributed by atoms with Gasteiger partial charge < -0.3 is 0 Å². The number of hydrogen-bond donors (Lipinski definition) is 0. The number of allylic oxidation sites excluding steroid dienone is 1. The molecule has 0 saturated heterocycles. The number of hydrogen-bond acceptors (Lipinski definition) is 2. The first-order valence-electron chi connectivity index (χ1n) is 11.6. The van der Waals surface area contributed by atoms with Gasteiger partial charge in [-0.2, -0.15) is 0 Å². The molecule has 0 unspecified atom stereocenters. The van der Waals surface area contributed by atoms with Crippen molar-refractivity contribution in [3.8, 4) is 5.75 Å². The normalized spacial score (nSPS) is 12.0. The Bertz CT molecular complexity index is 488. The van der Waals surface area contributed by atoms with E-state index in [0.29, 0.717) is 6.61 Å². The quantitative estimate of drug-likeness (QED) is 0.124. The number of unbranched alkanes of at least 4 members (excludes halogenated alkanes) is 3. The summed E-state index contributed by atoms with van der Waals surface area (Å²) in [6.45, 7) is 8.55. The van der Waals surface area contributed by atoms with Crippen LogP contribution in [0.3, 0.4) is 0 Å². The van der Waals surface area contributed by atoms with Crippen LogP contribution in [0.5, 0.6) is 5.75 Å². The zero-order chi connectivity index (χ0) is 20.5. The van der Waals surface area contributed by atoms with Gasteiger partial charge in [-0.3, -0.25) is 0 Å². The molecule has 0 aliphatic carbocycles. The monoisotopic (exact) mass is 496 g/mol. The van der Waals surface area contributed by atoms with Crippen LogP contribution in [0, 0.1) is 0 Å². The summed E-state index contributed by atoms with van der Waals surface area (Å²) in [4.78, 5) is 0. The number of benzene rings is 1. The minimum absolute atomic E-state index is 0.685. The fourth-order valence-corrected chi connectivity index (χ4v) is 19.1. The van der Waals surface area contributed by atoms with Crippen molar-refractivity contribution in [3.63, 3.8) is 0 Å². The molecule has 1 aromatic rings. The zero-order valence-corrected chi connectivity index (χ0v) is 21.8. The van der Waals surface area contributed by atoms with E-state index in [4.69, 9.17) is 9.47 Å². The summed E-state index contributed by atoms with van der Waals surface area (Å²) in [6.07, 6.45) is 14.4. The summed E-state index contributed by atoms with van der Waals surface area (Å²) < 4.78 is 17.3. The second-order valence-corrected chi connectivity index (χ2v) is 22.2. The second-order valence-electron chi connectivity index (χ2n) is 8.18. The van der Waals surface area contributed by atoms with Crippen LogP contribution < -0.4 is 4.74 Å². The molecule has 2 nitrogen and oxygen atoms in total. The van der Waals surface area contributed by atoms with Gasteiger partial charge in [0.15, 0.2) is 0 Å². The number of methoxy groups -OCH3 is 1. The molecule has 0 spiro atoms. The first-order chi connectivity index (χ1) is 13.7. The van der Waals surface area contributed by atoms with E-state index < -0.39 is 18.4 Å². The predicted molar refractivity (Wildman–Crippen MR) is 126 cm³/mol. The first-order valence-corrected chi connectivity index (χ1v) is 19.6. The Morgan fingerprint density at radius 1 is 0.821 bits per heavy atom. The van der Waals surface area contributed by atoms with Crippen LogP contribution in [0.1, 0.15) is 71.3 Å². The number of rotatable bonds is 17. The van der Waals surface area contributed by atoms with E-state index in [9.17, 15) is 0 Å². The van der Waals surface area contributed by atoms with Gasteiger partial charge in [-0.05, 0) is 0 Å². The van der Waals surface area contributed by atoms with Gasteiger partial charge in [-0.15, -0.1) is 0 Å². The molecule has 0 N–H and O–H groups in total. The van der Waals surface area contributed by atoms with Gasteiger partial charge in [0.2, 0.25) is 0 Å². The molecular weight excluding hydrogens is 451 g/mol. The van der Waals surface area contributed by atoms with Crippen molar-refractivity contribution in [3.05, 3.63) is 42.0 Å². The Morgan fingerprint density at radius 2 is 1.39 bits per heavy atom. The Hall–Kier alpha value is -0.481. The maximum atomic E-state index is 5.85. The molecule has 0 amide bonds. The van der Waals surface area contributed by atoms with Gasteiger partial charge in [0.05, 0.1) is 7.11 Å². The third kappa shape index (κ3) is 10.9. The fraction of sp³-hybridized carbons (Fsp3) is 0.680. The van der Waals surface area contributed by atoms with Crippen molar-refractivity contribution in [1.29, 1.82) is 0 Å². The Kier molecular flexibility index (Phi) is 14.9. The summed E-state index contributed by atoms with van der Waals surface area (Å²) in [6, 6.07) is 8.14. The summed E-state index contributed by atoms with van der Waals surface area (Å²) in [5.41, 5.74) is 1.21. The number of ether oxygens (including phenoxy) is 2. The van der Waals surface area contributed by atoms with Crippen LogP contribution in [0.25, 0.3) is 0 Å². The molecule has 0 aromatic heterocycles. The van der Waals surface area contributed by atoms with Gasteiger partial charge in [0.25, 0.3) is 0 Å². The van der Waals surface area contributed by atoms with Crippen LogP contribution >= 0.6 is 0 Å². The summed E-state index contributed by atoms with van der Waals surface area (Å²) in [7, 11) is 1.70. The summed E-state index contributed by atoms with van der Waals surface area (Å²) in [5.74, 6) is 0.899. The van der Waals surface area contributed by atoms with Gasteiger partial charge in [0, 0.05) is 0 Å². The molecule has 0 bridgehead atoms. The molecule has 0 atom stereocenters. The Morgan fingerprint density at radius 3 is 1.89 bits per heavy atom. The molecule has 28 heavy (non-hydrogen) atoms. The Labute approximate surface area is 179 Å². The third-order valence-corrected chi connectivity index (χ3v) is 21.0. The predicted octanol–water partition coefficient (Wildman–Crippen LogP) is 8.01. The van der Waals surface area contributed by atoms with E-state index in [1.807, 2.05) is 12.1 Å². The minimum atomic E-state index is -1.98. The fourth-order valence-electron chi connectivity index (χ4n) is 3.85. The molecule has 1 aromatic carbocycles. The van der Waals surface area contributed by atoms with Gasteiger partial charge >= 0.3 is 172 Å². The van der Waals surface area contributed by atoms with Crippen LogP contribution in [-0.2, 0) is 11.3 Å². The average Bonchev–Trinajstić information content (AvgIpc) is 2.74. The molecule has 3 heteroatoms. The van der Waals surface area contributed by atoms with Crippen LogP contribution in [0.15, 0.2) is 36.4 Å². The van der Waals surface area contributed by atoms with Gasteiger partial charge in [-0.1, -0.05) is 0 Å². The summed E-state index contributed by atoms with van der Waals surface area (Å²) >= 11 is -1.98. The van der Waals surface area contributed by atoms with Gasteiger partial charge in [-0.25, -0.2) is 0 Å². The van der Waals surface area contributed by atoms with E-state index in [1.165, 1.54) is 48.5 Å². The zero-order valence-electron chi connectivity index (χ0n) is 19.0. The molecule has 0 fully saturated rings. The van der Waals surface area contributed by atoms with Crippen LogP contribution in [0.4, 0.5) is 0 Å². The van der Waals surface area contributed by atoms with Gasteiger partial charge in [0.1, 0.15) is 0 Å². The standard InChI is InChI=1S/C13H17O2.3C4H9.Sn/c1-3-4-5-10-15-11-12-6-8-13(14-2)9-7-12;3*1-3-4-2;/h3-4,6-9H,1,5,10-11H2,2H3;3*1,3-4H2,2H3;/b4-3-;;;;. The van der Waals surface area contributed by atoms with E-state index in [1.54, 1.807) is 20.4 Å². The molecular formula is C25H44O2Sn.